The number of rotatable bonds is 0. The van der Waals surface area contributed by atoms with Gasteiger partial charge in [-0.05, 0) is 0 Å². The van der Waals surface area contributed by atoms with Crippen molar-refractivity contribution in [2.45, 2.75) is 0 Å². The summed E-state index contributed by atoms with van der Waals surface area (Å²) in [5.74, 6) is 0. The first-order valence-electron chi connectivity index (χ1n) is 0.289. The molecule has 0 atom stereocenters. The zero-order valence-electron chi connectivity index (χ0n) is 2.32. The average Bonchev–Trinajstić information content (AvgIpc) is 1.00. The normalized spacial score (nSPS) is 1.50. The first kappa shape index (κ1) is 16.1. The van der Waals surface area contributed by atoms with Gasteiger partial charge in [-0.2, -0.15) is 13.5 Å². The Balaban J connectivity index is -0.00000000500. The summed E-state index contributed by atoms with van der Waals surface area (Å²) < 4.78 is 0. The molecule has 0 saturated carbocycles. The molecule has 0 bridgehead atoms. The fourth-order valence-electron chi connectivity index (χ4n) is 0. The molecule has 0 rings (SSSR count). The molecule has 18 valence electrons. The number of hydrogen-bond acceptors (Lipinski definition) is 0. The second-order valence-corrected chi connectivity index (χ2v) is 0. The Hall–Kier alpha value is 2.43. The third-order valence-electron chi connectivity index (χ3n) is 0. The van der Waals surface area contributed by atoms with E-state index in [0.29, 0.717) is 0 Å². The van der Waals surface area contributed by atoms with Gasteiger partial charge in [0.05, 0.1) is 0 Å². The van der Waals surface area contributed by atoms with Gasteiger partial charge in [0.15, 0.2) is 0 Å². The predicted octanol–water partition coefficient (Wildman–Crippen LogP) is -0.273. The standard InChI is InChI=1S/Hg.H2S.Se.Zn/h;1H2;;. The van der Waals surface area contributed by atoms with E-state index >= 15 is 0 Å². The molecule has 0 nitrogen and oxygen atoms in total. The summed E-state index contributed by atoms with van der Waals surface area (Å²) in [5, 5.41) is 0. The van der Waals surface area contributed by atoms with Crippen LogP contribution in [0.25, 0.3) is 0 Å². The maximum absolute atomic E-state index is 2.82. The SMILES string of the molecule is S.[Se]=[Hg].[Zn]. The molecule has 0 aromatic heterocycles. The van der Waals surface area contributed by atoms with Crippen molar-refractivity contribution in [1.29, 1.82) is 0 Å². The summed E-state index contributed by atoms with van der Waals surface area (Å²) in [6.07, 6.45) is 0. The van der Waals surface area contributed by atoms with Crippen LogP contribution >= 0.6 is 13.5 Å². The monoisotopic (exact) mass is 380 g/mol. The van der Waals surface area contributed by atoms with Crippen LogP contribution in [0, 0.1) is 0 Å². The average molecular weight is 379 g/mol. The fourth-order valence-corrected chi connectivity index (χ4v) is 0. The number of hydrogen-bond donors (Lipinski definition) is 0. The van der Waals surface area contributed by atoms with Crippen molar-refractivity contribution in [3.05, 3.63) is 0 Å². The molecule has 4 heavy (non-hydrogen) atoms. The zero-order chi connectivity index (χ0) is 2.00. The molecular formula is H2HgSSeZn. The Kier molecular flexibility index (Phi) is 72.7. The van der Waals surface area contributed by atoms with Crippen molar-refractivity contribution in [3.63, 3.8) is 0 Å². The van der Waals surface area contributed by atoms with E-state index in [9.17, 15) is 0 Å². The predicted molar refractivity (Wildman–Crippen MR) is 16.1 cm³/mol. The third kappa shape index (κ3) is 8.83. The van der Waals surface area contributed by atoms with Crippen molar-refractivity contribution in [3.8, 4) is 0 Å². The maximum Gasteiger partial charge on any atom is 0 e. The summed E-state index contributed by atoms with van der Waals surface area (Å²) in [6, 6.07) is 0. The van der Waals surface area contributed by atoms with Gasteiger partial charge in [-0.25, -0.2) is 0 Å². The quantitative estimate of drug-likeness (QED) is 0.509. The molecule has 0 radical (unpaired) electrons. The fraction of sp³-hybridized carbons (Fsp3) is 0. The van der Waals surface area contributed by atoms with Crippen molar-refractivity contribution in [1.82, 2.24) is 0 Å². The molecule has 0 N–H and O–H groups in total. The summed E-state index contributed by atoms with van der Waals surface area (Å²) in [5.41, 5.74) is 0. The van der Waals surface area contributed by atoms with Crippen LogP contribution in [0.2, 0.25) is 0 Å². The topological polar surface area (TPSA) is 0 Å². The molecule has 0 saturated heterocycles. The molecule has 0 fully saturated rings. The van der Waals surface area contributed by atoms with E-state index in [1.165, 1.54) is 0 Å². The molecule has 4 heteroatoms. The van der Waals surface area contributed by atoms with Gasteiger partial charge in [-0.3, -0.25) is 0 Å². The minimum absolute atomic E-state index is 0. The molecule has 0 heterocycles. The van der Waals surface area contributed by atoms with Crippen molar-refractivity contribution in [2.24, 2.45) is 0 Å². The van der Waals surface area contributed by atoms with Gasteiger partial charge in [-0.1, -0.05) is 0 Å². The minimum atomic E-state index is 0. The van der Waals surface area contributed by atoms with Crippen LogP contribution in [0.4, 0.5) is 0 Å². The zero-order valence-corrected chi connectivity index (χ0v) is 13.5. The maximum atomic E-state index is 2.82. The van der Waals surface area contributed by atoms with E-state index in [1.54, 1.807) is 0 Å². The smallest absolute Gasteiger partial charge is 0 e. The first-order chi connectivity index (χ1) is 1.00. The van der Waals surface area contributed by atoms with Crippen molar-refractivity contribution >= 4 is 24.9 Å². The summed E-state index contributed by atoms with van der Waals surface area (Å²) in [6.45, 7) is 0. The van der Waals surface area contributed by atoms with E-state index in [1.807, 2.05) is 0 Å². The van der Waals surface area contributed by atoms with E-state index in [-0.39, 0.29) is 33.0 Å². The van der Waals surface area contributed by atoms with E-state index < -0.39 is 0 Å². The van der Waals surface area contributed by atoms with Crippen molar-refractivity contribution in [2.75, 3.05) is 0 Å². The molecule has 0 aromatic rings. The van der Waals surface area contributed by atoms with Crippen LogP contribution in [0.5, 0.6) is 0 Å². The van der Waals surface area contributed by atoms with E-state index in [0.717, 1.165) is 23.1 Å². The van der Waals surface area contributed by atoms with Gasteiger partial charge >= 0.3 is 34.4 Å². The molecule has 0 spiro atoms. The Labute approximate surface area is 66.4 Å². The minimum Gasteiger partial charge on any atom is 0 e. The molecule has 0 aliphatic heterocycles. The largest absolute Gasteiger partial charge is 0 e. The van der Waals surface area contributed by atoms with Gasteiger partial charge in [0, 0.05) is 19.5 Å². The Bertz CT molecular complexity index is 8.00. The van der Waals surface area contributed by atoms with Crippen LogP contribution in [0.3, 0.4) is 0 Å². The summed E-state index contributed by atoms with van der Waals surface area (Å²) >= 11 is 3.72. The van der Waals surface area contributed by atoms with Gasteiger partial charge in [-0.15, -0.1) is 0 Å². The van der Waals surface area contributed by atoms with Crippen LogP contribution in [0.1, 0.15) is 0 Å². The summed E-state index contributed by atoms with van der Waals surface area (Å²) in [7, 11) is 0. The first-order valence-corrected chi connectivity index (χ1v) is 13.2. The van der Waals surface area contributed by atoms with Crippen LogP contribution < -0.4 is 0 Å². The van der Waals surface area contributed by atoms with Gasteiger partial charge < -0.3 is 0 Å². The van der Waals surface area contributed by atoms with Gasteiger partial charge in [0.2, 0.25) is 0 Å². The van der Waals surface area contributed by atoms with Crippen molar-refractivity contribution < 1.29 is 42.5 Å². The molecule has 0 aliphatic rings. The van der Waals surface area contributed by atoms with Gasteiger partial charge in [0.25, 0.3) is 0 Å². The second kappa shape index (κ2) is 18.1. The van der Waals surface area contributed by atoms with Gasteiger partial charge in [0.1, 0.15) is 0 Å². The molecule has 0 aliphatic carbocycles. The Morgan fingerprint density at radius 2 is 1.25 bits per heavy atom. The molecular weight excluding hydrogens is 377 g/mol. The third-order valence-corrected chi connectivity index (χ3v) is 0. The second-order valence-electron chi connectivity index (χ2n) is 0. The molecule has 0 amide bonds. The molecule has 0 unspecified atom stereocenters. The van der Waals surface area contributed by atoms with Crippen LogP contribution in [-0.2, 0) is 42.5 Å². The van der Waals surface area contributed by atoms with Crippen LogP contribution in [-0.4, -0.2) is 11.4 Å². The molecule has 0 aromatic carbocycles. The summed E-state index contributed by atoms with van der Waals surface area (Å²) in [4.78, 5) is 0. The van der Waals surface area contributed by atoms with Crippen LogP contribution in [0.15, 0.2) is 0 Å². The Morgan fingerprint density at radius 1 is 1.25 bits per heavy atom. The van der Waals surface area contributed by atoms with E-state index in [4.69, 9.17) is 0 Å². The van der Waals surface area contributed by atoms with E-state index in [2.05, 4.69) is 11.4 Å². The Morgan fingerprint density at radius 3 is 1.25 bits per heavy atom.